The highest BCUT2D eigenvalue weighted by atomic mass is 32.2. The van der Waals surface area contributed by atoms with Gasteiger partial charge in [0.25, 0.3) is 0 Å². The molecule has 0 amide bonds. The van der Waals surface area contributed by atoms with E-state index in [0.717, 1.165) is 12.2 Å². The number of nitrogens with one attached hydrogen (secondary N) is 1. The van der Waals surface area contributed by atoms with Crippen LogP contribution in [0.15, 0.2) is 29.2 Å². The standard InChI is InChI=1S/C13H21NOS/c1-10(15)8-9-16-13-6-4-12(5-7-13)11(2)14-3/h4-7,10-11,14-15H,8-9H2,1-3H3. The summed E-state index contributed by atoms with van der Waals surface area (Å²) in [5, 5.41) is 12.4. The van der Waals surface area contributed by atoms with Crippen LogP contribution < -0.4 is 5.32 Å². The van der Waals surface area contributed by atoms with Crippen molar-refractivity contribution in [2.75, 3.05) is 12.8 Å². The summed E-state index contributed by atoms with van der Waals surface area (Å²) in [6.07, 6.45) is 0.648. The van der Waals surface area contributed by atoms with E-state index in [9.17, 15) is 0 Å². The van der Waals surface area contributed by atoms with Crippen LogP contribution >= 0.6 is 11.8 Å². The Morgan fingerprint density at radius 1 is 1.25 bits per heavy atom. The fourth-order valence-electron chi connectivity index (χ4n) is 1.37. The molecule has 0 aromatic heterocycles. The molecular formula is C13H21NOS. The van der Waals surface area contributed by atoms with Gasteiger partial charge in [0.15, 0.2) is 0 Å². The quantitative estimate of drug-likeness (QED) is 0.749. The number of aliphatic hydroxyl groups is 1. The van der Waals surface area contributed by atoms with E-state index in [1.165, 1.54) is 10.5 Å². The van der Waals surface area contributed by atoms with Crippen molar-refractivity contribution in [3.8, 4) is 0 Å². The summed E-state index contributed by atoms with van der Waals surface area (Å²) in [5.74, 6) is 0.971. The van der Waals surface area contributed by atoms with Gasteiger partial charge in [0.2, 0.25) is 0 Å². The lowest BCUT2D eigenvalue weighted by molar-refractivity contribution is 0.192. The molecule has 2 unspecified atom stereocenters. The first-order valence-corrected chi connectivity index (χ1v) is 6.70. The van der Waals surface area contributed by atoms with Crippen LogP contribution in [0, 0.1) is 0 Å². The largest absolute Gasteiger partial charge is 0.393 e. The van der Waals surface area contributed by atoms with Crippen LogP contribution in [-0.2, 0) is 0 Å². The van der Waals surface area contributed by atoms with E-state index in [0.29, 0.717) is 6.04 Å². The molecule has 0 bridgehead atoms. The molecular weight excluding hydrogens is 218 g/mol. The van der Waals surface area contributed by atoms with Crippen molar-refractivity contribution in [2.24, 2.45) is 0 Å². The van der Waals surface area contributed by atoms with Crippen molar-refractivity contribution < 1.29 is 5.11 Å². The van der Waals surface area contributed by atoms with Gasteiger partial charge in [-0.25, -0.2) is 0 Å². The molecule has 0 heterocycles. The predicted molar refractivity (Wildman–Crippen MR) is 70.9 cm³/mol. The Bertz CT molecular complexity index is 297. The zero-order valence-electron chi connectivity index (χ0n) is 10.2. The van der Waals surface area contributed by atoms with Gasteiger partial charge in [-0.1, -0.05) is 12.1 Å². The number of thioether (sulfide) groups is 1. The maximum Gasteiger partial charge on any atom is 0.0520 e. The molecule has 2 atom stereocenters. The normalized spacial score (nSPS) is 14.8. The molecule has 0 aliphatic heterocycles. The molecule has 2 nitrogen and oxygen atoms in total. The Kier molecular flexibility index (Phi) is 5.88. The monoisotopic (exact) mass is 239 g/mol. The molecule has 3 heteroatoms. The highest BCUT2D eigenvalue weighted by molar-refractivity contribution is 7.99. The number of benzene rings is 1. The lowest BCUT2D eigenvalue weighted by atomic mass is 10.1. The summed E-state index contributed by atoms with van der Waals surface area (Å²) in [6, 6.07) is 9.01. The third-order valence-corrected chi connectivity index (χ3v) is 3.66. The van der Waals surface area contributed by atoms with Crippen LogP contribution in [0.3, 0.4) is 0 Å². The van der Waals surface area contributed by atoms with E-state index in [4.69, 9.17) is 5.11 Å². The van der Waals surface area contributed by atoms with Crippen molar-refractivity contribution in [2.45, 2.75) is 37.3 Å². The lowest BCUT2D eigenvalue weighted by Crippen LogP contribution is -2.11. The molecule has 0 saturated heterocycles. The highest BCUT2D eigenvalue weighted by Crippen LogP contribution is 2.21. The lowest BCUT2D eigenvalue weighted by Gasteiger charge is -2.11. The first-order valence-electron chi connectivity index (χ1n) is 5.71. The summed E-state index contributed by atoms with van der Waals surface area (Å²) in [6.45, 7) is 3.98. The first kappa shape index (κ1) is 13.6. The molecule has 0 spiro atoms. The van der Waals surface area contributed by atoms with Gasteiger partial charge in [0, 0.05) is 16.7 Å². The average molecular weight is 239 g/mol. The summed E-state index contributed by atoms with van der Waals surface area (Å²) in [5.41, 5.74) is 1.31. The fourth-order valence-corrected chi connectivity index (χ4v) is 2.39. The van der Waals surface area contributed by atoms with Gasteiger partial charge in [0.1, 0.15) is 0 Å². The Morgan fingerprint density at radius 3 is 2.38 bits per heavy atom. The van der Waals surface area contributed by atoms with E-state index >= 15 is 0 Å². The van der Waals surface area contributed by atoms with Crippen molar-refractivity contribution in [1.29, 1.82) is 0 Å². The van der Waals surface area contributed by atoms with Gasteiger partial charge >= 0.3 is 0 Å². The number of hydrogen-bond donors (Lipinski definition) is 2. The maximum atomic E-state index is 9.16. The van der Waals surface area contributed by atoms with E-state index in [2.05, 4.69) is 36.5 Å². The maximum absolute atomic E-state index is 9.16. The summed E-state index contributed by atoms with van der Waals surface area (Å²) >= 11 is 1.80. The molecule has 0 saturated carbocycles. The first-order chi connectivity index (χ1) is 7.63. The predicted octanol–water partition coefficient (Wildman–Crippen LogP) is 2.83. The molecule has 90 valence electrons. The van der Waals surface area contributed by atoms with Crippen LogP contribution in [0.5, 0.6) is 0 Å². The van der Waals surface area contributed by atoms with Crippen LogP contribution in [0.2, 0.25) is 0 Å². The van der Waals surface area contributed by atoms with Crippen LogP contribution in [0.25, 0.3) is 0 Å². The van der Waals surface area contributed by atoms with Crippen molar-refractivity contribution >= 4 is 11.8 Å². The second-order valence-electron chi connectivity index (χ2n) is 4.07. The minimum atomic E-state index is -0.198. The summed E-state index contributed by atoms with van der Waals surface area (Å²) in [7, 11) is 1.97. The fraction of sp³-hybridized carbons (Fsp3) is 0.538. The molecule has 0 radical (unpaired) electrons. The Hall–Kier alpha value is -0.510. The van der Waals surface area contributed by atoms with E-state index < -0.39 is 0 Å². The zero-order chi connectivity index (χ0) is 12.0. The molecule has 16 heavy (non-hydrogen) atoms. The minimum absolute atomic E-state index is 0.198. The number of hydrogen-bond acceptors (Lipinski definition) is 3. The number of rotatable bonds is 6. The molecule has 2 N–H and O–H groups in total. The van der Waals surface area contributed by atoms with E-state index in [-0.39, 0.29) is 6.10 Å². The zero-order valence-corrected chi connectivity index (χ0v) is 11.1. The third kappa shape index (κ3) is 4.56. The minimum Gasteiger partial charge on any atom is -0.393 e. The Balaban J connectivity index is 2.45. The molecule has 0 aliphatic carbocycles. The third-order valence-electron chi connectivity index (χ3n) is 2.62. The topological polar surface area (TPSA) is 32.3 Å². The number of aliphatic hydroxyl groups excluding tert-OH is 1. The molecule has 1 rings (SSSR count). The SMILES string of the molecule is CNC(C)c1ccc(SCCC(C)O)cc1. The van der Waals surface area contributed by atoms with Crippen LogP contribution in [-0.4, -0.2) is 24.0 Å². The second-order valence-corrected chi connectivity index (χ2v) is 5.23. The van der Waals surface area contributed by atoms with Gasteiger partial charge in [0.05, 0.1) is 6.10 Å². The molecule has 0 aliphatic rings. The smallest absolute Gasteiger partial charge is 0.0520 e. The van der Waals surface area contributed by atoms with Crippen molar-refractivity contribution in [1.82, 2.24) is 5.32 Å². The molecule has 0 fully saturated rings. The van der Waals surface area contributed by atoms with Gasteiger partial charge in [-0.3, -0.25) is 0 Å². The van der Waals surface area contributed by atoms with Crippen LogP contribution in [0.4, 0.5) is 0 Å². The van der Waals surface area contributed by atoms with Gasteiger partial charge in [-0.05, 0) is 45.0 Å². The van der Waals surface area contributed by atoms with Gasteiger partial charge < -0.3 is 10.4 Å². The highest BCUT2D eigenvalue weighted by Gasteiger charge is 2.02. The summed E-state index contributed by atoms with van der Waals surface area (Å²) in [4.78, 5) is 1.27. The molecule has 1 aromatic rings. The second kappa shape index (κ2) is 6.94. The Morgan fingerprint density at radius 2 is 1.88 bits per heavy atom. The molecule has 1 aromatic carbocycles. The van der Waals surface area contributed by atoms with E-state index in [1.54, 1.807) is 11.8 Å². The van der Waals surface area contributed by atoms with Crippen molar-refractivity contribution in [3.63, 3.8) is 0 Å². The average Bonchev–Trinajstić information content (AvgIpc) is 2.28. The van der Waals surface area contributed by atoms with E-state index in [1.807, 2.05) is 14.0 Å². The van der Waals surface area contributed by atoms with Crippen LogP contribution in [0.1, 0.15) is 31.9 Å². The Labute approximate surface area is 102 Å². The van der Waals surface area contributed by atoms with Gasteiger partial charge in [-0.15, -0.1) is 11.8 Å². The summed E-state index contributed by atoms with van der Waals surface area (Å²) < 4.78 is 0. The van der Waals surface area contributed by atoms with Crippen molar-refractivity contribution in [3.05, 3.63) is 29.8 Å². The van der Waals surface area contributed by atoms with Gasteiger partial charge in [-0.2, -0.15) is 0 Å².